The van der Waals surface area contributed by atoms with Gasteiger partial charge >= 0.3 is 0 Å². The number of thioether (sulfide) groups is 1. The van der Waals surface area contributed by atoms with E-state index < -0.39 is 0 Å². The Balaban J connectivity index is 1.51. The fourth-order valence-electron chi connectivity index (χ4n) is 3.17. The first-order valence-corrected chi connectivity index (χ1v) is 10.7. The molecule has 1 amide bonds. The van der Waals surface area contributed by atoms with Crippen LogP contribution in [0.2, 0.25) is 0 Å². The van der Waals surface area contributed by atoms with Crippen LogP contribution in [0.1, 0.15) is 16.7 Å². The van der Waals surface area contributed by atoms with Crippen molar-refractivity contribution in [3.8, 4) is 17.3 Å². The van der Waals surface area contributed by atoms with E-state index in [0.717, 1.165) is 28.0 Å². The first-order valence-electron chi connectivity index (χ1n) is 9.55. The van der Waals surface area contributed by atoms with Crippen molar-refractivity contribution in [2.75, 3.05) is 11.1 Å². The van der Waals surface area contributed by atoms with Crippen molar-refractivity contribution in [1.29, 1.82) is 5.26 Å². The maximum atomic E-state index is 12.7. The van der Waals surface area contributed by atoms with Crippen LogP contribution in [0.4, 0.5) is 5.82 Å². The Labute approximate surface area is 179 Å². The number of aromatic nitrogens is 2. The lowest BCUT2D eigenvalue weighted by Gasteiger charge is -2.08. The minimum atomic E-state index is -0.0749. The molecule has 0 aliphatic carbocycles. The van der Waals surface area contributed by atoms with Gasteiger partial charge in [0, 0.05) is 17.5 Å². The van der Waals surface area contributed by atoms with E-state index in [0.29, 0.717) is 22.9 Å². The average molecular weight is 413 g/mol. The molecule has 0 fully saturated rings. The standard InChI is InChI=1S/C24H20N4OS/c1-17-7-12-21-26-23(20-5-3-2-4-6-20)24(28(21)14-17)27-22(29)16-30-15-19-10-8-18(13-25)9-11-19/h2-12,14H,15-16H2,1H3,(H,27,29). The van der Waals surface area contributed by atoms with E-state index in [1.165, 1.54) is 11.8 Å². The van der Waals surface area contributed by atoms with Crippen LogP contribution in [0, 0.1) is 18.3 Å². The molecule has 0 radical (unpaired) electrons. The number of anilines is 1. The molecule has 148 valence electrons. The number of carbonyl (C=O) groups excluding carboxylic acids is 1. The fraction of sp³-hybridized carbons (Fsp3) is 0.125. The number of hydrogen-bond acceptors (Lipinski definition) is 4. The van der Waals surface area contributed by atoms with Gasteiger partial charge in [0.25, 0.3) is 0 Å². The second-order valence-corrected chi connectivity index (χ2v) is 7.94. The number of aryl methyl sites for hydroxylation is 1. The molecule has 0 unspecified atom stereocenters. The van der Waals surface area contributed by atoms with Crippen molar-refractivity contribution >= 4 is 29.1 Å². The molecule has 2 aromatic carbocycles. The van der Waals surface area contributed by atoms with Gasteiger partial charge in [-0.1, -0.05) is 48.5 Å². The van der Waals surface area contributed by atoms with Crippen molar-refractivity contribution in [3.63, 3.8) is 0 Å². The number of nitriles is 1. The second kappa shape index (κ2) is 8.85. The number of nitrogens with one attached hydrogen (secondary N) is 1. The molecule has 4 aromatic rings. The smallest absolute Gasteiger partial charge is 0.235 e. The van der Waals surface area contributed by atoms with Crippen LogP contribution < -0.4 is 5.32 Å². The van der Waals surface area contributed by atoms with Crippen LogP contribution in [0.15, 0.2) is 72.9 Å². The van der Waals surface area contributed by atoms with Crippen molar-refractivity contribution in [2.24, 2.45) is 0 Å². The fourth-order valence-corrected chi connectivity index (χ4v) is 3.96. The molecule has 0 aliphatic rings. The van der Waals surface area contributed by atoms with Crippen LogP contribution in [0.5, 0.6) is 0 Å². The molecule has 5 nitrogen and oxygen atoms in total. The largest absolute Gasteiger partial charge is 0.309 e. The monoisotopic (exact) mass is 412 g/mol. The van der Waals surface area contributed by atoms with Gasteiger partial charge in [-0.15, -0.1) is 11.8 Å². The number of fused-ring (bicyclic) bond motifs is 1. The van der Waals surface area contributed by atoms with Crippen molar-refractivity contribution < 1.29 is 4.79 Å². The van der Waals surface area contributed by atoms with Crippen LogP contribution in [0.3, 0.4) is 0 Å². The molecule has 0 saturated heterocycles. The van der Waals surface area contributed by atoms with Gasteiger partial charge in [0.2, 0.25) is 5.91 Å². The maximum Gasteiger partial charge on any atom is 0.235 e. The third kappa shape index (κ3) is 4.37. The van der Waals surface area contributed by atoms with Gasteiger partial charge in [-0.05, 0) is 36.2 Å². The summed E-state index contributed by atoms with van der Waals surface area (Å²) in [5.74, 6) is 1.64. The number of nitrogens with zero attached hydrogens (tertiary/aromatic N) is 3. The van der Waals surface area contributed by atoms with E-state index in [1.54, 1.807) is 12.1 Å². The lowest BCUT2D eigenvalue weighted by molar-refractivity contribution is -0.113. The quantitative estimate of drug-likeness (QED) is 0.481. The SMILES string of the molecule is Cc1ccc2nc(-c3ccccc3)c(NC(=O)CSCc3ccc(C#N)cc3)n2c1. The van der Waals surface area contributed by atoms with Crippen LogP contribution in [-0.2, 0) is 10.5 Å². The highest BCUT2D eigenvalue weighted by Crippen LogP contribution is 2.29. The molecule has 6 heteroatoms. The summed E-state index contributed by atoms with van der Waals surface area (Å²) in [6.07, 6.45) is 1.98. The third-order valence-corrected chi connectivity index (χ3v) is 5.66. The third-order valence-electron chi connectivity index (χ3n) is 4.66. The Morgan fingerprint density at radius 2 is 1.87 bits per heavy atom. The highest BCUT2D eigenvalue weighted by atomic mass is 32.2. The molecule has 30 heavy (non-hydrogen) atoms. The zero-order valence-electron chi connectivity index (χ0n) is 16.5. The number of benzene rings is 2. The lowest BCUT2D eigenvalue weighted by atomic mass is 10.1. The van der Waals surface area contributed by atoms with Crippen molar-refractivity contribution in [2.45, 2.75) is 12.7 Å². The molecule has 4 rings (SSSR count). The van der Waals surface area contributed by atoms with E-state index in [1.807, 2.05) is 72.1 Å². The highest BCUT2D eigenvalue weighted by Gasteiger charge is 2.16. The molecular formula is C24H20N4OS. The Morgan fingerprint density at radius 3 is 2.60 bits per heavy atom. The summed E-state index contributed by atoms with van der Waals surface area (Å²) >= 11 is 1.54. The number of hydrogen-bond donors (Lipinski definition) is 1. The maximum absolute atomic E-state index is 12.7. The van der Waals surface area contributed by atoms with E-state index in [4.69, 9.17) is 10.2 Å². The normalized spacial score (nSPS) is 10.7. The summed E-state index contributed by atoms with van der Waals surface area (Å²) in [4.78, 5) is 17.4. The topological polar surface area (TPSA) is 70.2 Å². The molecule has 0 spiro atoms. The highest BCUT2D eigenvalue weighted by molar-refractivity contribution is 7.99. The zero-order chi connectivity index (χ0) is 20.9. The number of imidazole rings is 1. The number of rotatable bonds is 6. The minimum absolute atomic E-state index is 0.0749. The van der Waals surface area contributed by atoms with Gasteiger partial charge in [-0.2, -0.15) is 5.26 Å². The number of pyridine rings is 1. The minimum Gasteiger partial charge on any atom is -0.309 e. The Hall–Kier alpha value is -3.56. The molecule has 0 atom stereocenters. The molecule has 1 N–H and O–H groups in total. The predicted octanol–water partition coefficient (Wildman–Crippen LogP) is 5.05. The van der Waals surface area contributed by atoms with Crippen LogP contribution >= 0.6 is 11.8 Å². The van der Waals surface area contributed by atoms with Gasteiger partial charge in [0.1, 0.15) is 17.2 Å². The summed E-state index contributed by atoms with van der Waals surface area (Å²) in [7, 11) is 0. The molecule has 2 heterocycles. The second-order valence-electron chi connectivity index (χ2n) is 6.96. The summed E-state index contributed by atoms with van der Waals surface area (Å²) in [5.41, 5.74) is 5.32. The van der Waals surface area contributed by atoms with Gasteiger partial charge in [0.15, 0.2) is 0 Å². The molecule has 0 aliphatic heterocycles. The van der Waals surface area contributed by atoms with E-state index in [9.17, 15) is 4.79 Å². The van der Waals surface area contributed by atoms with Gasteiger partial charge in [-0.3, -0.25) is 9.20 Å². The molecular weight excluding hydrogens is 392 g/mol. The zero-order valence-corrected chi connectivity index (χ0v) is 17.3. The van der Waals surface area contributed by atoms with E-state index >= 15 is 0 Å². The van der Waals surface area contributed by atoms with Crippen LogP contribution in [0.25, 0.3) is 16.9 Å². The Bertz CT molecular complexity index is 1220. The van der Waals surface area contributed by atoms with Crippen LogP contribution in [-0.4, -0.2) is 21.0 Å². The van der Waals surface area contributed by atoms with Gasteiger partial charge in [0.05, 0.1) is 17.4 Å². The summed E-state index contributed by atoms with van der Waals surface area (Å²) in [6.45, 7) is 2.01. The Kier molecular flexibility index (Phi) is 5.82. The number of amides is 1. The average Bonchev–Trinajstić information content (AvgIpc) is 3.12. The predicted molar refractivity (Wildman–Crippen MR) is 121 cm³/mol. The Morgan fingerprint density at radius 1 is 1.10 bits per heavy atom. The van der Waals surface area contributed by atoms with Gasteiger partial charge in [-0.25, -0.2) is 4.98 Å². The first-order chi connectivity index (χ1) is 14.6. The summed E-state index contributed by atoms with van der Waals surface area (Å²) in [5, 5.41) is 11.9. The van der Waals surface area contributed by atoms with Gasteiger partial charge < -0.3 is 5.32 Å². The molecule has 0 bridgehead atoms. The van der Waals surface area contributed by atoms with E-state index in [2.05, 4.69) is 11.4 Å². The number of carbonyl (C=O) groups is 1. The molecule has 0 saturated carbocycles. The summed E-state index contributed by atoms with van der Waals surface area (Å²) < 4.78 is 1.93. The van der Waals surface area contributed by atoms with Crippen molar-refractivity contribution in [1.82, 2.24) is 9.38 Å². The van der Waals surface area contributed by atoms with E-state index in [-0.39, 0.29) is 5.91 Å². The summed E-state index contributed by atoms with van der Waals surface area (Å²) in [6, 6.07) is 23.4. The lowest BCUT2D eigenvalue weighted by Crippen LogP contribution is -2.16. The molecule has 2 aromatic heterocycles. The first kappa shape index (κ1) is 19.7. The van der Waals surface area contributed by atoms with Crippen molar-refractivity contribution in [3.05, 3.63) is 89.6 Å².